The number of anilines is 2. The van der Waals surface area contributed by atoms with Gasteiger partial charge in [-0.05, 0) is 37.1 Å². The van der Waals surface area contributed by atoms with E-state index in [1.807, 2.05) is 24.3 Å². The largest absolute Gasteiger partial charge is 0.339 e. The van der Waals surface area contributed by atoms with E-state index in [0.29, 0.717) is 0 Å². The highest BCUT2D eigenvalue weighted by atomic mass is 35.5. The van der Waals surface area contributed by atoms with Gasteiger partial charge in [0.1, 0.15) is 0 Å². The standard InChI is InChI=1S/C18H15ClN2/c1-12-13-10-11-21(17-9-5-3-7-15(17)19)18(13)14-6-2-4-8-16(14)20-12/h2-9H,10-11H2,1H3. The first kappa shape index (κ1) is 12.7. The fraction of sp³-hybridized carbons (Fsp3) is 0.167. The summed E-state index contributed by atoms with van der Waals surface area (Å²) < 4.78 is 0. The van der Waals surface area contributed by atoms with Crippen molar-refractivity contribution in [1.29, 1.82) is 0 Å². The van der Waals surface area contributed by atoms with E-state index < -0.39 is 0 Å². The van der Waals surface area contributed by atoms with Crippen LogP contribution in [0.25, 0.3) is 10.9 Å². The number of para-hydroxylation sites is 2. The number of halogens is 1. The minimum absolute atomic E-state index is 0.795. The summed E-state index contributed by atoms with van der Waals surface area (Å²) in [5.74, 6) is 0. The topological polar surface area (TPSA) is 16.1 Å². The SMILES string of the molecule is Cc1nc2ccccc2c2c1CCN2c1ccccc1Cl. The van der Waals surface area contributed by atoms with Crippen LogP contribution in [0, 0.1) is 6.92 Å². The van der Waals surface area contributed by atoms with Crippen molar-refractivity contribution < 1.29 is 0 Å². The Morgan fingerprint density at radius 1 is 1.05 bits per heavy atom. The van der Waals surface area contributed by atoms with Crippen LogP contribution in [-0.2, 0) is 6.42 Å². The van der Waals surface area contributed by atoms with Gasteiger partial charge in [-0.3, -0.25) is 4.98 Å². The van der Waals surface area contributed by atoms with Crippen LogP contribution in [0.15, 0.2) is 48.5 Å². The van der Waals surface area contributed by atoms with Crippen LogP contribution in [0.1, 0.15) is 11.3 Å². The smallest absolute Gasteiger partial charge is 0.0726 e. The Labute approximate surface area is 129 Å². The minimum Gasteiger partial charge on any atom is -0.339 e. The first-order chi connectivity index (χ1) is 10.3. The molecule has 0 saturated heterocycles. The number of benzene rings is 2. The third-order valence-corrected chi connectivity index (χ3v) is 4.49. The van der Waals surface area contributed by atoms with Crippen molar-refractivity contribution in [3.63, 3.8) is 0 Å². The van der Waals surface area contributed by atoms with Gasteiger partial charge >= 0.3 is 0 Å². The fourth-order valence-electron chi connectivity index (χ4n) is 3.21. The maximum Gasteiger partial charge on any atom is 0.0726 e. The van der Waals surface area contributed by atoms with E-state index in [0.717, 1.165) is 34.9 Å². The van der Waals surface area contributed by atoms with Gasteiger partial charge in [0.05, 0.1) is 21.9 Å². The fourth-order valence-corrected chi connectivity index (χ4v) is 3.45. The average Bonchev–Trinajstić information content (AvgIpc) is 2.93. The van der Waals surface area contributed by atoms with E-state index in [1.54, 1.807) is 0 Å². The number of pyridine rings is 1. The molecular weight excluding hydrogens is 280 g/mol. The summed E-state index contributed by atoms with van der Waals surface area (Å²) in [5.41, 5.74) is 5.86. The molecule has 1 aromatic heterocycles. The molecule has 0 aliphatic carbocycles. The summed E-state index contributed by atoms with van der Waals surface area (Å²) in [6, 6.07) is 16.4. The van der Waals surface area contributed by atoms with Crippen LogP contribution in [0.2, 0.25) is 5.02 Å². The number of aromatic nitrogens is 1. The van der Waals surface area contributed by atoms with Crippen LogP contribution in [0.3, 0.4) is 0 Å². The molecule has 3 heteroatoms. The van der Waals surface area contributed by atoms with Crippen molar-refractivity contribution >= 4 is 33.9 Å². The molecule has 3 aromatic rings. The molecule has 104 valence electrons. The lowest BCUT2D eigenvalue weighted by Gasteiger charge is -2.22. The van der Waals surface area contributed by atoms with Gasteiger partial charge in [-0.15, -0.1) is 0 Å². The number of hydrogen-bond acceptors (Lipinski definition) is 2. The molecule has 4 rings (SSSR count). The molecule has 1 aliphatic heterocycles. The molecular formula is C18H15ClN2. The van der Waals surface area contributed by atoms with Crippen molar-refractivity contribution in [3.8, 4) is 0 Å². The molecule has 1 aliphatic rings. The Kier molecular flexibility index (Phi) is 2.86. The molecule has 2 aromatic carbocycles. The minimum atomic E-state index is 0.795. The summed E-state index contributed by atoms with van der Waals surface area (Å²) in [5, 5.41) is 2.00. The lowest BCUT2D eigenvalue weighted by atomic mass is 10.1. The quantitative estimate of drug-likeness (QED) is 0.635. The van der Waals surface area contributed by atoms with Gasteiger partial charge in [-0.1, -0.05) is 41.9 Å². The lowest BCUT2D eigenvalue weighted by Crippen LogP contribution is -2.14. The second kappa shape index (κ2) is 4.74. The second-order valence-electron chi connectivity index (χ2n) is 5.39. The van der Waals surface area contributed by atoms with Crippen molar-refractivity contribution in [3.05, 3.63) is 64.8 Å². The number of rotatable bonds is 1. The molecule has 0 radical (unpaired) electrons. The molecule has 2 nitrogen and oxygen atoms in total. The zero-order valence-electron chi connectivity index (χ0n) is 11.8. The number of aryl methyl sites for hydroxylation is 1. The van der Waals surface area contributed by atoms with Crippen molar-refractivity contribution in [2.75, 3.05) is 11.4 Å². The molecule has 0 amide bonds. The van der Waals surface area contributed by atoms with E-state index in [-0.39, 0.29) is 0 Å². The van der Waals surface area contributed by atoms with Crippen LogP contribution >= 0.6 is 11.6 Å². The molecule has 0 unspecified atom stereocenters. The maximum atomic E-state index is 6.40. The highest BCUT2D eigenvalue weighted by Gasteiger charge is 2.26. The zero-order valence-corrected chi connectivity index (χ0v) is 12.6. The Balaban J connectivity index is 2.01. The predicted octanol–water partition coefficient (Wildman–Crippen LogP) is 4.89. The second-order valence-corrected chi connectivity index (χ2v) is 5.80. The Hall–Kier alpha value is -2.06. The van der Waals surface area contributed by atoms with Gasteiger partial charge in [-0.25, -0.2) is 0 Å². The maximum absolute atomic E-state index is 6.40. The summed E-state index contributed by atoms with van der Waals surface area (Å²) in [6.45, 7) is 3.05. The van der Waals surface area contributed by atoms with E-state index in [9.17, 15) is 0 Å². The molecule has 0 atom stereocenters. The number of hydrogen-bond donors (Lipinski definition) is 0. The average molecular weight is 295 g/mol. The van der Waals surface area contributed by atoms with Gasteiger partial charge in [0.25, 0.3) is 0 Å². The van der Waals surface area contributed by atoms with Gasteiger partial charge < -0.3 is 4.90 Å². The normalized spacial score (nSPS) is 13.7. The monoisotopic (exact) mass is 294 g/mol. The van der Waals surface area contributed by atoms with Crippen LogP contribution in [0.4, 0.5) is 11.4 Å². The van der Waals surface area contributed by atoms with Gasteiger partial charge in [0.2, 0.25) is 0 Å². The highest BCUT2D eigenvalue weighted by molar-refractivity contribution is 6.33. The Morgan fingerprint density at radius 2 is 1.81 bits per heavy atom. The van der Waals surface area contributed by atoms with Gasteiger partial charge in [-0.2, -0.15) is 0 Å². The molecule has 2 heterocycles. The molecule has 0 spiro atoms. The summed E-state index contributed by atoms with van der Waals surface area (Å²) >= 11 is 6.40. The molecule has 0 bridgehead atoms. The van der Waals surface area contributed by atoms with Crippen LogP contribution in [-0.4, -0.2) is 11.5 Å². The first-order valence-corrected chi connectivity index (χ1v) is 7.54. The van der Waals surface area contributed by atoms with Gasteiger partial charge in [0, 0.05) is 17.6 Å². The van der Waals surface area contributed by atoms with Gasteiger partial charge in [0.15, 0.2) is 0 Å². The van der Waals surface area contributed by atoms with Crippen LogP contribution in [0.5, 0.6) is 0 Å². The van der Waals surface area contributed by atoms with E-state index in [2.05, 4.69) is 36.1 Å². The Morgan fingerprint density at radius 3 is 2.67 bits per heavy atom. The lowest BCUT2D eigenvalue weighted by molar-refractivity contribution is 0.989. The third-order valence-electron chi connectivity index (χ3n) is 4.17. The Bertz CT molecular complexity index is 842. The zero-order chi connectivity index (χ0) is 14.4. The highest BCUT2D eigenvalue weighted by Crippen LogP contribution is 2.42. The number of fused-ring (bicyclic) bond motifs is 3. The van der Waals surface area contributed by atoms with E-state index in [4.69, 9.17) is 16.6 Å². The molecule has 0 N–H and O–H groups in total. The first-order valence-electron chi connectivity index (χ1n) is 7.16. The van der Waals surface area contributed by atoms with E-state index >= 15 is 0 Å². The predicted molar refractivity (Wildman–Crippen MR) is 88.6 cm³/mol. The van der Waals surface area contributed by atoms with E-state index in [1.165, 1.54) is 16.6 Å². The molecule has 0 saturated carbocycles. The summed E-state index contributed by atoms with van der Waals surface area (Å²) in [4.78, 5) is 7.07. The van der Waals surface area contributed by atoms with Crippen molar-refractivity contribution in [2.45, 2.75) is 13.3 Å². The van der Waals surface area contributed by atoms with Crippen molar-refractivity contribution in [2.24, 2.45) is 0 Å². The summed E-state index contributed by atoms with van der Waals surface area (Å²) in [7, 11) is 0. The van der Waals surface area contributed by atoms with Crippen LogP contribution < -0.4 is 4.90 Å². The molecule has 21 heavy (non-hydrogen) atoms. The number of nitrogens with zero attached hydrogens (tertiary/aromatic N) is 2. The molecule has 0 fully saturated rings. The van der Waals surface area contributed by atoms with Crippen molar-refractivity contribution in [1.82, 2.24) is 4.98 Å². The third kappa shape index (κ3) is 1.90. The summed E-state index contributed by atoms with van der Waals surface area (Å²) in [6.07, 6.45) is 1.02.